The molecule has 4 heteroatoms. The fourth-order valence-corrected chi connectivity index (χ4v) is 2.48. The minimum Gasteiger partial charge on any atom is -0.480 e. The number of hydrogen-bond acceptors (Lipinski definition) is 2. The molecule has 1 unspecified atom stereocenters. The number of rotatable bonds is 5. The smallest absolute Gasteiger partial charge is 0.326 e. The van der Waals surface area contributed by atoms with Crippen LogP contribution in [0.15, 0.2) is 0 Å². The number of carboxylic acids is 1. The highest BCUT2D eigenvalue weighted by Crippen LogP contribution is 2.28. The summed E-state index contributed by atoms with van der Waals surface area (Å²) in [4.78, 5) is 23.2. The Labute approximate surface area is 109 Å². The number of amides is 1. The Morgan fingerprint density at radius 3 is 2.28 bits per heavy atom. The third-order valence-corrected chi connectivity index (χ3v) is 4.16. The number of aliphatic carboxylic acids is 1. The van der Waals surface area contributed by atoms with E-state index >= 15 is 0 Å². The highest BCUT2D eigenvalue weighted by Gasteiger charge is 2.30. The molecule has 0 bridgehead atoms. The fourth-order valence-electron chi connectivity index (χ4n) is 2.48. The van der Waals surface area contributed by atoms with E-state index in [4.69, 9.17) is 5.11 Å². The summed E-state index contributed by atoms with van der Waals surface area (Å²) in [5.74, 6) is -0.337. The van der Waals surface area contributed by atoms with Crippen molar-refractivity contribution in [2.45, 2.75) is 58.9 Å². The number of nitrogens with one attached hydrogen (secondary N) is 1. The van der Waals surface area contributed by atoms with Gasteiger partial charge < -0.3 is 10.4 Å². The lowest BCUT2D eigenvalue weighted by Crippen LogP contribution is -2.47. The maximum absolute atomic E-state index is 12.1. The molecule has 0 aromatic rings. The lowest BCUT2D eigenvalue weighted by molar-refractivity contribution is -0.144. The van der Waals surface area contributed by atoms with Gasteiger partial charge in [-0.05, 0) is 37.5 Å². The zero-order chi connectivity index (χ0) is 13.7. The first-order valence-corrected chi connectivity index (χ1v) is 6.98. The molecule has 0 aromatic heterocycles. The molecule has 1 saturated carbocycles. The van der Waals surface area contributed by atoms with Crippen LogP contribution in [0, 0.1) is 17.8 Å². The van der Waals surface area contributed by atoms with E-state index in [0.29, 0.717) is 5.92 Å². The maximum atomic E-state index is 12.1. The van der Waals surface area contributed by atoms with Crippen LogP contribution >= 0.6 is 0 Å². The van der Waals surface area contributed by atoms with Crippen molar-refractivity contribution in [3.63, 3.8) is 0 Å². The summed E-state index contributed by atoms with van der Waals surface area (Å²) < 4.78 is 0. The predicted octanol–water partition coefficient (Wildman–Crippen LogP) is 2.43. The Morgan fingerprint density at radius 1 is 1.28 bits per heavy atom. The van der Waals surface area contributed by atoms with Gasteiger partial charge in [-0.25, -0.2) is 4.79 Å². The van der Waals surface area contributed by atoms with Gasteiger partial charge in [-0.1, -0.05) is 27.2 Å². The molecule has 18 heavy (non-hydrogen) atoms. The molecule has 4 nitrogen and oxygen atoms in total. The molecule has 0 aliphatic heterocycles. The topological polar surface area (TPSA) is 66.4 Å². The fraction of sp³-hybridized carbons (Fsp3) is 0.857. The van der Waals surface area contributed by atoms with Crippen molar-refractivity contribution in [2.24, 2.45) is 17.8 Å². The molecule has 0 heterocycles. The second kappa shape index (κ2) is 6.76. The number of hydrogen-bond donors (Lipinski definition) is 2. The SMILES string of the molecule is CCC(C)[C@H](NC(=O)C1CCC(C)CC1)C(=O)O. The van der Waals surface area contributed by atoms with Gasteiger partial charge in [-0.2, -0.15) is 0 Å². The van der Waals surface area contributed by atoms with Crippen molar-refractivity contribution >= 4 is 11.9 Å². The van der Waals surface area contributed by atoms with E-state index in [1.165, 1.54) is 0 Å². The first-order valence-electron chi connectivity index (χ1n) is 6.98. The molecule has 1 amide bonds. The van der Waals surface area contributed by atoms with Crippen molar-refractivity contribution in [3.05, 3.63) is 0 Å². The quantitative estimate of drug-likeness (QED) is 0.793. The summed E-state index contributed by atoms with van der Waals surface area (Å²) in [6.07, 6.45) is 4.66. The van der Waals surface area contributed by atoms with Crippen LogP contribution in [0.4, 0.5) is 0 Å². The summed E-state index contributed by atoms with van der Waals surface area (Å²) in [5, 5.41) is 11.9. The molecule has 104 valence electrons. The Balaban J connectivity index is 2.53. The van der Waals surface area contributed by atoms with Gasteiger partial charge in [-0.3, -0.25) is 4.79 Å². The van der Waals surface area contributed by atoms with Crippen LogP contribution in [0.3, 0.4) is 0 Å². The molecule has 0 saturated heterocycles. The van der Waals surface area contributed by atoms with Crippen LogP contribution in [0.25, 0.3) is 0 Å². The first kappa shape index (κ1) is 15.0. The largest absolute Gasteiger partial charge is 0.480 e. The van der Waals surface area contributed by atoms with Crippen LogP contribution in [0.1, 0.15) is 52.9 Å². The highest BCUT2D eigenvalue weighted by molar-refractivity contribution is 5.85. The van der Waals surface area contributed by atoms with Crippen molar-refractivity contribution in [2.75, 3.05) is 0 Å². The van der Waals surface area contributed by atoms with E-state index in [9.17, 15) is 9.59 Å². The molecule has 1 fully saturated rings. The molecule has 1 aliphatic rings. The third-order valence-electron chi connectivity index (χ3n) is 4.16. The van der Waals surface area contributed by atoms with Crippen LogP contribution in [-0.4, -0.2) is 23.0 Å². The van der Waals surface area contributed by atoms with E-state index in [0.717, 1.165) is 32.1 Å². The zero-order valence-corrected chi connectivity index (χ0v) is 11.6. The molecule has 0 radical (unpaired) electrons. The summed E-state index contributed by atoms with van der Waals surface area (Å²) in [6, 6.07) is -0.748. The molecule has 0 spiro atoms. The monoisotopic (exact) mass is 255 g/mol. The van der Waals surface area contributed by atoms with Gasteiger partial charge in [0.15, 0.2) is 0 Å². The highest BCUT2D eigenvalue weighted by atomic mass is 16.4. The van der Waals surface area contributed by atoms with Gasteiger partial charge in [0.1, 0.15) is 6.04 Å². The molecule has 0 aromatic carbocycles. The molecular formula is C14H25NO3. The van der Waals surface area contributed by atoms with E-state index < -0.39 is 12.0 Å². The average Bonchev–Trinajstić information content (AvgIpc) is 2.35. The standard InChI is InChI=1S/C14H25NO3/c1-4-10(3)12(14(17)18)15-13(16)11-7-5-9(2)6-8-11/h9-12H,4-8H2,1-3H3,(H,15,16)(H,17,18)/t9?,10?,11?,12-/m0/s1. The Hall–Kier alpha value is -1.06. The molecule has 2 atom stereocenters. The second-order valence-corrected chi connectivity index (χ2v) is 5.67. The molecule has 1 aliphatic carbocycles. The first-order chi connectivity index (χ1) is 8.45. The van der Waals surface area contributed by atoms with Crippen LogP contribution in [0.2, 0.25) is 0 Å². The minimum atomic E-state index is -0.929. The minimum absolute atomic E-state index is 0.00658. The van der Waals surface area contributed by atoms with Crippen LogP contribution in [-0.2, 0) is 9.59 Å². The van der Waals surface area contributed by atoms with E-state index in [2.05, 4.69) is 12.2 Å². The van der Waals surface area contributed by atoms with Gasteiger partial charge in [0.25, 0.3) is 0 Å². The Kier molecular flexibility index (Phi) is 5.63. The van der Waals surface area contributed by atoms with Crippen molar-refractivity contribution in [1.29, 1.82) is 0 Å². The zero-order valence-electron chi connectivity index (χ0n) is 11.6. The molecule has 2 N–H and O–H groups in total. The second-order valence-electron chi connectivity index (χ2n) is 5.67. The third kappa shape index (κ3) is 4.00. The van der Waals surface area contributed by atoms with Gasteiger partial charge in [0.05, 0.1) is 0 Å². The number of carbonyl (C=O) groups excluding carboxylic acids is 1. The number of carbonyl (C=O) groups is 2. The predicted molar refractivity (Wildman–Crippen MR) is 70.1 cm³/mol. The number of carboxylic acid groups (broad SMARTS) is 1. The average molecular weight is 255 g/mol. The van der Waals surface area contributed by atoms with Gasteiger partial charge >= 0.3 is 5.97 Å². The Morgan fingerprint density at radius 2 is 1.83 bits per heavy atom. The van der Waals surface area contributed by atoms with E-state index in [-0.39, 0.29) is 17.7 Å². The molecule has 1 rings (SSSR count). The van der Waals surface area contributed by atoms with Crippen LogP contribution in [0.5, 0.6) is 0 Å². The normalized spacial score (nSPS) is 27.3. The van der Waals surface area contributed by atoms with Crippen molar-refractivity contribution in [1.82, 2.24) is 5.32 Å². The lowest BCUT2D eigenvalue weighted by atomic mass is 9.82. The summed E-state index contributed by atoms with van der Waals surface area (Å²) in [6.45, 7) is 6.00. The van der Waals surface area contributed by atoms with Crippen LogP contribution < -0.4 is 5.32 Å². The van der Waals surface area contributed by atoms with Gasteiger partial charge in [-0.15, -0.1) is 0 Å². The Bertz CT molecular complexity index is 295. The maximum Gasteiger partial charge on any atom is 0.326 e. The van der Waals surface area contributed by atoms with Gasteiger partial charge in [0.2, 0.25) is 5.91 Å². The lowest BCUT2D eigenvalue weighted by Gasteiger charge is -2.28. The van der Waals surface area contributed by atoms with Crippen molar-refractivity contribution < 1.29 is 14.7 Å². The van der Waals surface area contributed by atoms with E-state index in [1.54, 1.807) is 0 Å². The summed E-state index contributed by atoms with van der Waals surface area (Å²) in [5.41, 5.74) is 0. The summed E-state index contributed by atoms with van der Waals surface area (Å²) >= 11 is 0. The van der Waals surface area contributed by atoms with Gasteiger partial charge in [0, 0.05) is 5.92 Å². The summed E-state index contributed by atoms with van der Waals surface area (Å²) in [7, 11) is 0. The van der Waals surface area contributed by atoms with Crippen molar-refractivity contribution in [3.8, 4) is 0 Å². The molecular weight excluding hydrogens is 230 g/mol. The van der Waals surface area contributed by atoms with E-state index in [1.807, 2.05) is 13.8 Å².